The number of nitrogens with one attached hydrogen (secondary N) is 1. The molecule has 1 saturated heterocycles. The molecule has 1 aliphatic heterocycles. The minimum Gasteiger partial charge on any atom is -0.505 e. The Morgan fingerprint density at radius 1 is 1.25 bits per heavy atom. The summed E-state index contributed by atoms with van der Waals surface area (Å²) in [5.74, 6) is -1.94. The molecule has 1 atom stereocenters. The number of phenols is 1. The van der Waals surface area contributed by atoms with Crippen LogP contribution in [0.15, 0.2) is 12.1 Å². The van der Waals surface area contributed by atoms with Crippen molar-refractivity contribution in [3.05, 3.63) is 29.1 Å². The summed E-state index contributed by atoms with van der Waals surface area (Å²) < 4.78 is 52.5. The normalized spacial score (nSPS) is 19.1. The first-order valence-electron chi connectivity index (χ1n) is 6.35. The molecule has 20 heavy (non-hydrogen) atoms. The second-order valence-electron chi connectivity index (χ2n) is 4.82. The number of hydrogen-bond donors (Lipinski definition) is 2. The Morgan fingerprint density at radius 2 is 1.85 bits per heavy atom. The van der Waals surface area contributed by atoms with Crippen molar-refractivity contribution in [2.75, 3.05) is 26.2 Å². The number of phenolic OH excluding ortho intramolecular Hbond substituents is 1. The summed E-state index contributed by atoms with van der Waals surface area (Å²) in [5, 5.41) is 12.8. The van der Waals surface area contributed by atoms with Gasteiger partial charge < -0.3 is 10.4 Å². The lowest BCUT2D eigenvalue weighted by Gasteiger charge is -2.34. The average Bonchev–Trinajstić information content (AvgIpc) is 2.40. The number of benzene rings is 1. The van der Waals surface area contributed by atoms with Gasteiger partial charge in [0.25, 0.3) is 0 Å². The van der Waals surface area contributed by atoms with Crippen LogP contribution in [0.1, 0.15) is 24.1 Å². The third-order valence-electron chi connectivity index (χ3n) is 3.59. The van der Waals surface area contributed by atoms with Gasteiger partial charge in [-0.2, -0.15) is 13.2 Å². The van der Waals surface area contributed by atoms with E-state index < -0.39 is 29.3 Å². The molecule has 1 heterocycles. The van der Waals surface area contributed by atoms with Crippen molar-refractivity contribution in [3.8, 4) is 5.75 Å². The zero-order valence-electron chi connectivity index (χ0n) is 11.0. The van der Waals surface area contributed by atoms with Gasteiger partial charge in [0.15, 0.2) is 11.6 Å². The number of hydrogen-bond acceptors (Lipinski definition) is 3. The van der Waals surface area contributed by atoms with E-state index in [2.05, 4.69) is 5.32 Å². The van der Waals surface area contributed by atoms with Gasteiger partial charge in [-0.1, -0.05) is 0 Å². The average molecular weight is 292 g/mol. The molecule has 3 nitrogen and oxygen atoms in total. The van der Waals surface area contributed by atoms with Crippen LogP contribution < -0.4 is 5.32 Å². The van der Waals surface area contributed by atoms with Gasteiger partial charge in [0.1, 0.15) is 0 Å². The van der Waals surface area contributed by atoms with Crippen molar-refractivity contribution < 1.29 is 22.7 Å². The van der Waals surface area contributed by atoms with E-state index in [1.807, 2.05) is 0 Å². The van der Waals surface area contributed by atoms with Gasteiger partial charge in [-0.15, -0.1) is 0 Å². The Hall–Kier alpha value is -1.34. The lowest BCUT2D eigenvalue weighted by atomic mass is 9.97. The maximum atomic E-state index is 13.4. The van der Waals surface area contributed by atoms with E-state index in [1.54, 1.807) is 11.8 Å². The van der Waals surface area contributed by atoms with Crippen LogP contribution in [-0.4, -0.2) is 36.2 Å². The summed E-state index contributed by atoms with van der Waals surface area (Å²) in [6.07, 6.45) is -4.62. The fourth-order valence-electron chi connectivity index (χ4n) is 2.50. The third-order valence-corrected chi connectivity index (χ3v) is 3.59. The summed E-state index contributed by atoms with van der Waals surface area (Å²) in [6, 6.07) is 0.624. The first-order chi connectivity index (χ1) is 9.32. The Morgan fingerprint density at radius 3 is 2.40 bits per heavy atom. The van der Waals surface area contributed by atoms with Gasteiger partial charge in [-0.05, 0) is 19.1 Å². The number of aromatic hydroxyl groups is 1. The Labute approximate surface area is 114 Å². The van der Waals surface area contributed by atoms with Crippen molar-refractivity contribution in [2.45, 2.75) is 19.1 Å². The highest BCUT2D eigenvalue weighted by molar-refractivity contribution is 5.44. The van der Waals surface area contributed by atoms with Crippen LogP contribution >= 0.6 is 0 Å². The maximum absolute atomic E-state index is 13.4. The van der Waals surface area contributed by atoms with Crippen molar-refractivity contribution in [3.63, 3.8) is 0 Å². The standard InChI is InChI=1S/C13H16F4N2O/c1-8(19-6-4-18-5-7-19)11-9(13(15,16)17)2-3-10(14)12(11)20/h2-3,8,18,20H,4-7H2,1H3/t8-/m1/s1. The molecule has 2 rings (SSSR count). The minimum atomic E-state index is -4.62. The Kier molecular flexibility index (Phi) is 4.19. The molecule has 0 bridgehead atoms. The number of rotatable bonds is 2. The smallest absolute Gasteiger partial charge is 0.416 e. The number of nitrogens with zero attached hydrogens (tertiary/aromatic N) is 1. The van der Waals surface area contributed by atoms with E-state index in [-0.39, 0.29) is 5.56 Å². The van der Waals surface area contributed by atoms with Gasteiger partial charge >= 0.3 is 6.18 Å². The quantitative estimate of drug-likeness (QED) is 0.822. The van der Waals surface area contributed by atoms with Crippen LogP contribution in [0.4, 0.5) is 17.6 Å². The first kappa shape index (κ1) is 15.1. The van der Waals surface area contributed by atoms with E-state index >= 15 is 0 Å². The molecule has 0 radical (unpaired) electrons. The summed E-state index contributed by atoms with van der Waals surface area (Å²) in [6.45, 7) is 3.96. The van der Waals surface area contributed by atoms with Crippen molar-refractivity contribution in [1.29, 1.82) is 0 Å². The third kappa shape index (κ3) is 2.88. The molecule has 0 unspecified atom stereocenters. The predicted octanol–water partition coefficient (Wildman–Crippen LogP) is 2.52. The van der Waals surface area contributed by atoms with Crippen LogP contribution in [0.25, 0.3) is 0 Å². The molecule has 0 aliphatic carbocycles. The summed E-state index contributed by atoms with van der Waals surface area (Å²) in [5.41, 5.74) is -1.37. The van der Waals surface area contributed by atoms with Gasteiger partial charge in [0.05, 0.1) is 5.56 Å². The van der Waals surface area contributed by atoms with Gasteiger partial charge in [-0.25, -0.2) is 4.39 Å². The van der Waals surface area contributed by atoms with E-state index in [1.165, 1.54) is 0 Å². The lowest BCUT2D eigenvalue weighted by molar-refractivity contribution is -0.139. The maximum Gasteiger partial charge on any atom is 0.416 e. The van der Waals surface area contributed by atoms with Crippen LogP contribution in [0.2, 0.25) is 0 Å². The Balaban J connectivity index is 2.44. The fraction of sp³-hybridized carbons (Fsp3) is 0.538. The zero-order chi connectivity index (χ0) is 14.9. The molecule has 7 heteroatoms. The monoisotopic (exact) mass is 292 g/mol. The van der Waals surface area contributed by atoms with E-state index in [9.17, 15) is 22.7 Å². The summed E-state index contributed by atoms with van der Waals surface area (Å²) >= 11 is 0. The zero-order valence-corrected chi connectivity index (χ0v) is 11.0. The van der Waals surface area contributed by atoms with Gasteiger partial charge in [-0.3, -0.25) is 4.90 Å². The largest absolute Gasteiger partial charge is 0.505 e. The van der Waals surface area contributed by atoms with Crippen molar-refractivity contribution in [1.82, 2.24) is 10.2 Å². The molecule has 112 valence electrons. The molecular weight excluding hydrogens is 276 g/mol. The topological polar surface area (TPSA) is 35.5 Å². The molecular formula is C13H16F4N2O. The highest BCUT2D eigenvalue weighted by atomic mass is 19.4. The molecule has 1 fully saturated rings. The number of halogens is 4. The van der Waals surface area contributed by atoms with Crippen LogP contribution in [0.3, 0.4) is 0 Å². The van der Waals surface area contributed by atoms with Crippen LogP contribution in [0.5, 0.6) is 5.75 Å². The predicted molar refractivity (Wildman–Crippen MR) is 65.9 cm³/mol. The highest BCUT2D eigenvalue weighted by Crippen LogP contribution is 2.41. The van der Waals surface area contributed by atoms with Crippen LogP contribution in [-0.2, 0) is 6.18 Å². The number of piperazine rings is 1. The summed E-state index contributed by atoms with van der Waals surface area (Å²) in [7, 11) is 0. The SMILES string of the molecule is C[C@H](c1c(C(F)(F)F)ccc(F)c1O)N1CCNCC1. The molecule has 0 amide bonds. The fourth-order valence-corrected chi connectivity index (χ4v) is 2.50. The molecule has 2 N–H and O–H groups in total. The molecule has 0 spiro atoms. The highest BCUT2D eigenvalue weighted by Gasteiger charge is 2.38. The van der Waals surface area contributed by atoms with Crippen molar-refractivity contribution >= 4 is 0 Å². The summed E-state index contributed by atoms with van der Waals surface area (Å²) in [4.78, 5) is 1.79. The number of alkyl halides is 3. The lowest BCUT2D eigenvalue weighted by Crippen LogP contribution is -2.44. The molecule has 0 saturated carbocycles. The van der Waals surface area contributed by atoms with Crippen molar-refractivity contribution in [2.24, 2.45) is 0 Å². The van der Waals surface area contributed by atoms with Gasteiger partial charge in [0, 0.05) is 37.8 Å². The van der Waals surface area contributed by atoms with Gasteiger partial charge in [0.2, 0.25) is 0 Å². The molecule has 0 aromatic heterocycles. The second-order valence-corrected chi connectivity index (χ2v) is 4.82. The van der Waals surface area contributed by atoms with Crippen LogP contribution in [0, 0.1) is 5.82 Å². The van der Waals surface area contributed by atoms with E-state index in [4.69, 9.17) is 0 Å². The molecule has 1 aromatic rings. The molecule has 1 aliphatic rings. The second kappa shape index (κ2) is 5.57. The Bertz CT molecular complexity index is 484. The minimum absolute atomic E-state index is 0.389. The first-order valence-corrected chi connectivity index (χ1v) is 6.35. The van der Waals surface area contributed by atoms with E-state index in [0.29, 0.717) is 38.3 Å². The molecule has 1 aromatic carbocycles. The van der Waals surface area contributed by atoms with E-state index in [0.717, 1.165) is 0 Å².